The molecule has 0 saturated heterocycles. The van der Waals surface area contributed by atoms with Gasteiger partial charge in [-0.2, -0.15) is 0 Å². The third kappa shape index (κ3) is 4.61. The van der Waals surface area contributed by atoms with E-state index in [9.17, 15) is 22.0 Å². The zero-order valence-electron chi connectivity index (χ0n) is 13.9. The molecule has 0 spiro atoms. The molecule has 25 heavy (non-hydrogen) atoms. The zero-order chi connectivity index (χ0) is 18.8. The van der Waals surface area contributed by atoms with E-state index < -0.39 is 27.7 Å². The maximum atomic E-state index is 13.3. The minimum atomic E-state index is -3.94. The monoisotopic (exact) mass is 368 g/mol. The van der Waals surface area contributed by atoms with Crippen molar-refractivity contribution in [1.82, 2.24) is 4.72 Å². The molecule has 1 atom stereocenters. The molecule has 0 aromatic heterocycles. The van der Waals surface area contributed by atoms with Crippen molar-refractivity contribution in [2.75, 3.05) is 5.32 Å². The lowest BCUT2D eigenvalue weighted by Gasteiger charge is -2.17. The molecule has 2 N–H and O–H groups in total. The topological polar surface area (TPSA) is 75.3 Å². The second-order valence-corrected chi connectivity index (χ2v) is 7.36. The molecule has 1 unspecified atom stereocenters. The van der Waals surface area contributed by atoms with Crippen molar-refractivity contribution in [2.45, 2.75) is 31.7 Å². The van der Waals surface area contributed by atoms with E-state index in [4.69, 9.17) is 0 Å². The zero-order valence-corrected chi connectivity index (χ0v) is 14.7. The largest absolute Gasteiger partial charge is 0.326 e. The Morgan fingerprint density at radius 2 is 1.76 bits per heavy atom. The number of rotatable bonds is 5. The molecule has 2 aromatic carbocycles. The number of amides is 1. The molecule has 0 radical (unpaired) electrons. The Hall–Kier alpha value is -2.32. The molecule has 2 rings (SSSR count). The second-order valence-electron chi connectivity index (χ2n) is 5.68. The number of hydrogen-bond acceptors (Lipinski definition) is 3. The van der Waals surface area contributed by atoms with Gasteiger partial charge in [-0.25, -0.2) is 21.9 Å². The third-order valence-corrected chi connectivity index (χ3v) is 5.26. The van der Waals surface area contributed by atoms with Crippen molar-refractivity contribution in [3.63, 3.8) is 0 Å². The summed E-state index contributed by atoms with van der Waals surface area (Å²) in [5.74, 6) is -2.37. The fraction of sp³-hybridized carbons (Fsp3) is 0.235. The Labute approximate surface area is 145 Å². The first kappa shape index (κ1) is 19.0. The minimum Gasteiger partial charge on any atom is -0.326 e. The van der Waals surface area contributed by atoms with Crippen LogP contribution in [0.1, 0.15) is 31.0 Å². The molecule has 0 heterocycles. The van der Waals surface area contributed by atoms with E-state index >= 15 is 0 Å². The first-order valence-electron chi connectivity index (χ1n) is 7.45. The van der Waals surface area contributed by atoms with Crippen LogP contribution in [0.25, 0.3) is 0 Å². The summed E-state index contributed by atoms with van der Waals surface area (Å²) in [7, 11) is -3.94. The van der Waals surface area contributed by atoms with Gasteiger partial charge in [0.25, 0.3) is 0 Å². The molecular formula is C17H18F2N2O3S. The van der Waals surface area contributed by atoms with E-state index in [0.717, 1.165) is 12.1 Å². The Kier molecular flexibility index (Phi) is 5.54. The molecule has 0 bridgehead atoms. The summed E-state index contributed by atoms with van der Waals surface area (Å²) in [6.07, 6.45) is 0. The van der Waals surface area contributed by atoms with Crippen LogP contribution in [0.2, 0.25) is 0 Å². The van der Waals surface area contributed by atoms with Gasteiger partial charge in [-0.1, -0.05) is 12.1 Å². The van der Waals surface area contributed by atoms with E-state index in [2.05, 4.69) is 10.0 Å². The molecule has 0 saturated carbocycles. The minimum absolute atomic E-state index is 0.00631. The van der Waals surface area contributed by atoms with Gasteiger partial charge in [-0.3, -0.25) is 4.79 Å². The van der Waals surface area contributed by atoms with Gasteiger partial charge >= 0.3 is 0 Å². The first-order chi connectivity index (χ1) is 11.6. The number of halogens is 2. The number of aryl methyl sites for hydroxylation is 1. The summed E-state index contributed by atoms with van der Waals surface area (Å²) in [5.41, 5.74) is 1.12. The van der Waals surface area contributed by atoms with Gasteiger partial charge in [0.15, 0.2) is 11.6 Å². The summed E-state index contributed by atoms with van der Waals surface area (Å²) in [6, 6.07) is 6.94. The fourth-order valence-electron chi connectivity index (χ4n) is 2.32. The van der Waals surface area contributed by atoms with Crippen LogP contribution in [0.4, 0.5) is 14.5 Å². The molecule has 0 aliphatic rings. The van der Waals surface area contributed by atoms with Crippen LogP contribution in [-0.2, 0) is 14.8 Å². The summed E-state index contributed by atoms with van der Waals surface area (Å²) >= 11 is 0. The molecule has 2 aromatic rings. The molecule has 5 nitrogen and oxygen atoms in total. The number of carbonyl (C=O) groups is 1. The SMILES string of the molecule is CC(=O)Nc1ccc(C)c(S(=O)(=O)NC(C)c2ccc(F)c(F)c2)c1. The summed E-state index contributed by atoms with van der Waals surface area (Å²) in [6.45, 7) is 4.46. The van der Waals surface area contributed by atoms with Crippen molar-refractivity contribution >= 4 is 21.6 Å². The molecule has 0 aliphatic heterocycles. The molecule has 0 aliphatic carbocycles. The highest BCUT2D eigenvalue weighted by Crippen LogP contribution is 2.23. The number of hydrogen-bond donors (Lipinski definition) is 2. The van der Waals surface area contributed by atoms with E-state index in [1.54, 1.807) is 19.1 Å². The third-order valence-electron chi connectivity index (χ3n) is 3.57. The highest BCUT2D eigenvalue weighted by atomic mass is 32.2. The van der Waals surface area contributed by atoms with Crippen molar-refractivity contribution < 1.29 is 22.0 Å². The average Bonchev–Trinajstić information content (AvgIpc) is 2.50. The maximum absolute atomic E-state index is 13.3. The summed E-state index contributed by atoms with van der Waals surface area (Å²) in [4.78, 5) is 11.1. The Balaban J connectivity index is 2.31. The van der Waals surface area contributed by atoms with Crippen LogP contribution < -0.4 is 10.0 Å². The molecule has 0 fully saturated rings. The quantitative estimate of drug-likeness (QED) is 0.851. The average molecular weight is 368 g/mol. The van der Waals surface area contributed by atoms with Crippen LogP contribution in [0.15, 0.2) is 41.3 Å². The van der Waals surface area contributed by atoms with Crippen molar-refractivity contribution in [3.8, 4) is 0 Å². The van der Waals surface area contributed by atoms with Gasteiger partial charge in [0, 0.05) is 18.7 Å². The number of nitrogens with one attached hydrogen (secondary N) is 2. The van der Waals surface area contributed by atoms with Crippen LogP contribution >= 0.6 is 0 Å². The first-order valence-corrected chi connectivity index (χ1v) is 8.94. The van der Waals surface area contributed by atoms with Crippen molar-refractivity contribution in [2.24, 2.45) is 0 Å². The molecule has 134 valence electrons. The van der Waals surface area contributed by atoms with Crippen LogP contribution in [0.5, 0.6) is 0 Å². The lowest BCUT2D eigenvalue weighted by atomic mass is 10.1. The molecule has 8 heteroatoms. The predicted octanol–water partition coefficient (Wildman–Crippen LogP) is 3.27. The van der Waals surface area contributed by atoms with Gasteiger partial charge in [0.2, 0.25) is 15.9 Å². The number of carbonyl (C=O) groups excluding carboxylic acids is 1. The normalized spacial score (nSPS) is 12.7. The fourth-order valence-corrected chi connectivity index (χ4v) is 3.82. The Bertz CT molecular complexity index is 914. The van der Waals surface area contributed by atoms with E-state index in [0.29, 0.717) is 11.3 Å². The van der Waals surface area contributed by atoms with Gasteiger partial charge in [0.1, 0.15) is 0 Å². The van der Waals surface area contributed by atoms with Crippen LogP contribution in [-0.4, -0.2) is 14.3 Å². The van der Waals surface area contributed by atoms with Crippen molar-refractivity contribution in [1.29, 1.82) is 0 Å². The lowest BCUT2D eigenvalue weighted by molar-refractivity contribution is -0.114. The van der Waals surface area contributed by atoms with Gasteiger partial charge in [-0.15, -0.1) is 0 Å². The smallest absolute Gasteiger partial charge is 0.241 e. The van der Waals surface area contributed by atoms with Gasteiger partial charge in [-0.05, 0) is 49.2 Å². The van der Waals surface area contributed by atoms with E-state index in [1.165, 1.54) is 26.0 Å². The Morgan fingerprint density at radius 1 is 1.08 bits per heavy atom. The number of anilines is 1. The highest BCUT2D eigenvalue weighted by molar-refractivity contribution is 7.89. The van der Waals surface area contributed by atoms with Crippen LogP contribution in [0, 0.1) is 18.6 Å². The predicted molar refractivity (Wildman–Crippen MR) is 90.6 cm³/mol. The second kappa shape index (κ2) is 7.28. The summed E-state index contributed by atoms with van der Waals surface area (Å²) < 4.78 is 54.1. The maximum Gasteiger partial charge on any atom is 0.241 e. The van der Waals surface area contributed by atoms with Gasteiger partial charge in [0.05, 0.1) is 4.90 Å². The highest BCUT2D eigenvalue weighted by Gasteiger charge is 2.21. The summed E-state index contributed by atoms with van der Waals surface area (Å²) in [5, 5.41) is 2.52. The van der Waals surface area contributed by atoms with E-state index in [-0.39, 0.29) is 16.4 Å². The lowest BCUT2D eigenvalue weighted by Crippen LogP contribution is -2.27. The number of sulfonamides is 1. The standard InChI is InChI=1S/C17H18F2N2O3S/c1-10-4-6-14(20-12(3)22)9-17(10)25(23,24)21-11(2)13-5-7-15(18)16(19)8-13/h4-9,11,21H,1-3H3,(H,20,22). The van der Waals surface area contributed by atoms with Crippen LogP contribution in [0.3, 0.4) is 0 Å². The Morgan fingerprint density at radius 3 is 2.36 bits per heavy atom. The number of benzene rings is 2. The molecule has 1 amide bonds. The van der Waals surface area contributed by atoms with E-state index in [1.807, 2.05) is 0 Å². The van der Waals surface area contributed by atoms with Crippen molar-refractivity contribution in [3.05, 3.63) is 59.2 Å². The molecular weight excluding hydrogens is 350 g/mol. The van der Waals surface area contributed by atoms with Gasteiger partial charge < -0.3 is 5.32 Å².